The van der Waals surface area contributed by atoms with Crippen molar-refractivity contribution in [1.82, 2.24) is 4.98 Å². The van der Waals surface area contributed by atoms with Gasteiger partial charge in [-0.1, -0.05) is 35.4 Å². The molecule has 0 fully saturated rings. The average molecular weight is 378 g/mol. The van der Waals surface area contributed by atoms with E-state index in [1.54, 1.807) is 36.4 Å². The number of nitrogens with one attached hydrogen (secondary N) is 2. The van der Waals surface area contributed by atoms with Crippen molar-refractivity contribution in [2.24, 2.45) is 0 Å². The fourth-order valence-electron chi connectivity index (χ4n) is 2.76. The molecule has 1 heterocycles. The second kappa shape index (κ2) is 7.13. The van der Waals surface area contributed by atoms with E-state index in [0.29, 0.717) is 27.9 Å². The van der Waals surface area contributed by atoms with Gasteiger partial charge in [0.25, 0.3) is 0 Å². The van der Waals surface area contributed by atoms with Gasteiger partial charge in [-0.2, -0.15) is 0 Å². The number of amides is 2. The van der Waals surface area contributed by atoms with Crippen LogP contribution in [-0.2, 0) is 0 Å². The summed E-state index contributed by atoms with van der Waals surface area (Å²) in [4.78, 5) is 16.7. The Bertz CT molecular complexity index is 1140. The smallest absolute Gasteiger partial charge is 0.323 e. The molecule has 1 aromatic heterocycles. The molecule has 0 aliphatic heterocycles. The summed E-state index contributed by atoms with van der Waals surface area (Å²) >= 11 is 5.93. The van der Waals surface area contributed by atoms with Gasteiger partial charge in [-0.15, -0.1) is 0 Å². The average Bonchev–Trinajstić information content (AvgIpc) is 3.05. The Morgan fingerprint density at radius 3 is 2.52 bits per heavy atom. The van der Waals surface area contributed by atoms with Crippen LogP contribution in [0, 0.1) is 6.92 Å². The Kier molecular flexibility index (Phi) is 4.52. The second-order valence-corrected chi connectivity index (χ2v) is 6.60. The molecule has 2 N–H and O–H groups in total. The summed E-state index contributed by atoms with van der Waals surface area (Å²) in [6.45, 7) is 2.02. The van der Waals surface area contributed by atoms with E-state index in [-0.39, 0.29) is 6.03 Å². The third kappa shape index (κ3) is 3.93. The van der Waals surface area contributed by atoms with E-state index < -0.39 is 0 Å². The van der Waals surface area contributed by atoms with Crippen molar-refractivity contribution in [2.45, 2.75) is 6.92 Å². The largest absolute Gasteiger partial charge is 0.436 e. The van der Waals surface area contributed by atoms with E-state index >= 15 is 0 Å². The number of hydrogen-bond acceptors (Lipinski definition) is 3. The van der Waals surface area contributed by atoms with Gasteiger partial charge in [-0.25, -0.2) is 9.78 Å². The molecule has 0 unspecified atom stereocenters. The van der Waals surface area contributed by atoms with Crippen LogP contribution in [0.15, 0.2) is 71.1 Å². The third-order valence-electron chi connectivity index (χ3n) is 3.99. The Balaban J connectivity index is 1.54. The number of aryl methyl sites for hydroxylation is 1. The molecule has 0 atom stereocenters. The number of aromatic nitrogens is 1. The highest BCUT2D eigenvalue weighted by Crippen LogP contribution is 2.27. The number of oxazole rings is 1. The number of fused-ring (bicyclic) bond motifs is 1. The number of hydrogen-bond donors (Lipinski definition) is 2. The topological polar surface area (TPSA) is 67.2 Å². The van der Waals surface area contributed by atoms with Crippen molar-refractivity contribution in [2.75, 3.05) is 10.6 Å². The van der Waals surface area contributed by atoms with E-state index in [1.807, 2.05) is 37.3 Å². The van der Waals surface area contributed by atoms with Gasteiger partial charge >= 0.3 is 6.03 Å². The van der Waals surface area contributed by atoms with Crippen LogP contribution < -0.4 is 10.6 Å². The van der Waals surface area contributed by atoms with E-state index in [0.717, 1.165) is 16.6 Å². The lowest BCUT2D eigenvalue weighted by atomic mass is 10.1. The predicted octanol–water partition coefficient (Wildman–Crippen LogP) is 6.10. The number of carbonyl (C=O) groups is 1. The van der Waals surface area contributed by atoms with Crippen LogP contribution in [0.2, 0.25) is 5.02 Å². The summed E-state index contributed by atoms with van der Waals surface area (Å²) in [6.07, 6.45) is 0. The number of rotatable bonds is 3. The van der Waals surface area contributed by atoms with E-state index in [1.165, 1.54) is 0 Å². The monoisotopic (exact) mass is 377 g/mol. The molecule has 2 amide bonds. The van der Waals surface area contributed by atoms with Gasteiger partial charge in [-0.05, 0) is 49.4 Å². The summed E-state index contributed by atoms with van der Waals surface area (Å²) < 4.78 is 5.87. The molecular formula is C21H16ClN3O2. The summed E-state index contributed by atoms with van der Waals surface area (Å²) in [5.74, 6) is 0.550. The van der Waals surface area contributed by atoms with Gasteiger partial charge in [0.2, 0.25) is 5.89 Å². The zero-order chi connectivity index (χ0) is 18.8. The number of urea groups is 1. The van der Waals surface area contributed by atoms with Crippen LogP contribution in [0.4, 0.5) is 16.2 Å². The predicted molar refractivity (Wildman–Crippen MR) is 108 cm³/mol. The van der Waals surface area contributed by atoms with Gasteiger partial charge in [0.15, 0.2) is 5.58 Å². The molecule has 4 rings (SSSR count). The SMILES string of the molecule is Cc1cccc(-c2nc3ccc(NC(=O)Nc4cccc(Cl)c4)cc3o2)c1. The van der Waals surface area contributed by atoms with E-state index in [9.17, 15) is 4.79 Å². The lowest BCUT2D eigenvalue weighted by Gasteiger charge is -2.07. The minimum Gasteiger partial charge on any atom is -0.436 e. The molecule has 0 saturated heterocycles. The first-order chi connectivity index (χ1) is 13.1. The fraction of sp³-hybridized carbons (Fsp3) is 0.0476. The highest BCUT2D eigenvalue weighted by molar-refractivity contribution is 6.30. The van der Waals surface area contributed by atoms with Gasteiger partial charge < -0.3 is 15.1 Å². The maximum Gasteiger partial charge on any atom is 0.323 e. The number of benzene rings is 3. The maximum atomic E-state index is 12.2. The number of carbonyl (C=O) groups excluding carboxylic acids is 1. The van der Waals surface area contributed by atoms with Crippen molar-refractivity contribution in [3.63, 3.8) is 0 Å². The van der Waals surface area contributed by atoms with Crippen molar-refractivity contribution in [1.29, 1.82) is 0 Å². The van der Waals surface area contributed by atoms with Gasteiger partial charge in [0.05, 0.1) is 0 Å². The minimum atomic E-state index is -0.366. The molecule has 0 aliphatic carbocycles. The van der Waals surface area contributed by atoms with Crippen LogP contribution in [0.1, 0.15) is 5.56 Å². The molecule has 0 spiro atoms. The van der Waals surface area contributed by atoms with Crippen molar-refractivity contribution in [3.8, 4) is 11.5 Å². The molecule has 5 nitrogen and oxygen atoms in total. The summed E-state index contributed by atoms with van der Waals surface area (Å²) in [6, 6.07) is 19.9. The Labute approximate surface area is 161 Å². The van der Waals surface area contributed by atoms with Crippen LogP contribution in [0.3, 0.4) is 0 Å². The van der Waals surface area contributed by atoms with Crippen LogP contribution >= 0.6 is 11.6 Å². The zero-order valence-electron chi connectivity index (χ0n) is 14.5. The van der Waals surface area contributed by atoms with Gasteiger partial charge in [-0.3, -0.25) is 0 Å². The van der Waals surface area contributed by atoms with E-state index in [2.05, 4.69) is 15.6 Å². The fourth-order valence-corrected chi connectivity index (χ4v) is 2.95. The maximum absolute atomic E-state index is 12.2. The summed E-state index contributed by atoms with van der Waals surface area (Å²) in [5.41, 5.74) is 4.60. The normalized spacial score (nSPS) is 10.7. The molecule has 0 bridgehead atoms. The van der Waals surface area contributed by atoms with Gasteiger partial charge in [0, 0.05) is 28.0 Å². The Hall–Kier alpha value is -3.31. The lowest BCUT2D eigenvalue weighted by Crippen LogP contribution is -2.19. The first kappa shape index (κ1) is 17.1. The summed E-state index contributed by atoms with van der Waals surface area (Å²) in [7, 11) is 0. The molecule has 0 aliphatic rings. The number of anilines is 2. The molecule has 6 heteroatoms. The Morgan fingerprint density at radius 1 is 0.963 bits per heavy atom. The molecule has 134 valence electrons. The molecule has 27 heavy (non-hydrogen) atoms. The van der Waals surface area contributed by atoms with Gasteiger partial charge in [0.1, 0.15) is 5.52 Å². The minimum absolute atomic E-state index is 0.366. The van der Waals surface area contributed by atoms with E-state index in [4.69, 9.17) is 16.0 Å². The van der Waals surface area contributed by atoms with Crippen molar-refractivity contribution < 1.29 is 9.21 Å². The summed E-state index contributed by atoms with van der Waals surface area (Å²) in [5, 5.41) is 6.07. The first-order valence-electron chi connectivity index (χ1n) is 8.38. The first-order valence-corrected chi connectivity index (χ1v) is 8.76. The second-order valence-electron chi connectivity index (χ2n) is 6.16. The molecular weight excluding hydrogens is 362 g/mol. The highest BCUT2D eigenvalue weighted by atomic mass is 35.5. The van der Waals surface area contributed by atoms with Crippen LogP contribution in [-0.4, -0.2) is 11.0 Å². The molecule has 0 radical (unpaired) electrons. The zero-order valence-corrected chi connectivity index (χ0v) is 15.2. The molecule has 0 saturated carbocycles. The number of nitrogens with zero attached hydrogens (tertiary/aromatic N) is 1. The lowest BCUT2D eigenvalue weighted by molar-refractivity contribution is 0.262. The third-order valence-corrected chi connectivity index (χ3v) is 4.23. The van der Waals surface area contributed by atoms with Crippen LogP contribution in [0.5, 0.6) is 0 Å². The van der Waals surface area contributed by atoms with Crippen LogP contribution in [0.25, 0.3) is 22.6 Å². The quantitative estimate of drug-likeness (QED) is 0.453. The van der Waals surface area contributed by atoms with Crippen molar-refractivity contribution >= 4 is 40.1 Å². The number of halogens is 1. The molecule has 3 aromatic carbocycles. The van der Waals surface area contributed by atoms with Crippen molar-refractivity contribution in [3.05, 3.63) is 77.3 Å². The highest BCUT2D eigenvalue weighted by Gasteiger charge is 2.10. The standard InChI is InChI=1S/C21H16ClN3O2/c1-13-4-2-5-14(10-13)20-25-18-9-8-17(12-19(18)27-20)24-21(26)23-16-7-3-6-15(22)11-16/h2-12H,1H3,(H2,23,24,26). The molecule has 4 aromatic rings. The Morgan fingerprint density at radius 2 is 1.74 bits per heavy atom.